The molecule has 7 heteroatoms. The van der Waals surface area contributed by atoms with Gasteiger partial charge in [0.2, 0.25) is 10.0 Å². The number of hydrogen-bond donors (Lipinski definition) is 0. The van der Waals surface area contributed by atoms with E-state index in [1.54, 1.807) is 19.2 Å². The summed E-state index contributed by atoms with van der Waals surface area (Å²) in [6, 6.07) is 4.65. The fourth-order valence-corrected chi connectivity index (χ4v) is 4.45. The van der Waals surface area contributed by atoms with Crippen molar-refractivity contribution in [3.63, 3.8) is 0 Å². The molecule has 1 aliphatic rings. The SMILES string of the molecule is COCC1CCCN1S(=O)(=O)c1cc(OC)ccc1OC. The average Bonchev–Trinajstić information content (AvgIpc) is 2.96. The van der Waals surface area contributed by atoms with Crippen molar-refractivity contribution in [2.75, 3.05) is 34.5 Å². The number of hydrogen-bond acceptors (Lipinski definition) is 5. The first-order valence-electron chi connectivity index (χ1n) is 6.77. The Morgan fingerprint density at radius 2 is 2.00 bits per heavy atom. The lowest BCUT2D eigenvalue weighted by Gasteiger charge is -2.24. The molecular formula is C14H21NO5S. The molecule has 1 aliphatic heterocycles. The number of methoxy groups -OCH3 is 3. The highest BCUT2D eigenvalue weighted by Crippen LogP contribution is 2.33. The van der Waals surface area contributed by atoms with E-state index >= 15 is 0 Å². The summed E-state index contributed by atoms with van der Waals surface area (Å²) in [7, 11) is 0.899. The Balaban J connectivity index is 2.43. The second-order valence-corrected chi connectivity index (χ2v) is 6.74. The van der Waals surface area contributed by atoms with Crippen LogP contribution in [0.25, 0.3) is 0 Å². The van der Waals surface area contributed by atoms with Gasteiger partial charge in [-0.1, -0.05) is 0 Å². The standard InChI is InChI=1S/C14H21NO5S/c1-18-10-11-5-4-8-15(11)21(16,17)14-9-12(19-2)6-7-13(14)20-3/h6-7,9,11H,4-5,8,10H2,1-3H3. The van der Waals surface area contributed by atoms with Crippen LogP contribution < -0.4 is 9.47 Å². The zero-order valence-corrected chi connectivity index (χ0v) is 13.4. The number of nitrogens with zero attached hydrogens (tertiary/aromatic N) is 1. The molecule has 1 heterocycles. The minimum Gasteiger partial charge on any atom is -0.497 e. The van der Waals surface area contributed by atoms with Gasteiger partial charge in [0.05, 0.1) is 20.8 Å². The fourth-order valence-electron chi connectivity index (χ4n) is 2.60. The van der Waals surface area contributed by atoms with Gasteiger partial charge in [-0.2, -0.15) is 4.31 Å². The first-order chi connectivity index (χ1) is 10.0. The Bertz CT molecular complexity index is 587. The molecule has 1 atom stereocenters. The lowest BCUT2D eigenvalue weighted by molar-refractivity contribution is 0.149. The minimum atomic E-state index is -3.64. The summed E-state index contributed by atoms with van der Waals surface area (Å²) in [6.07, 6.45) is 1.64. The van der Waals surface area contributed by atoms with Gasteiger partial charge in [0.15, 0.2) is 0 Å². The molecule has 2 rings (SSSR count). The maximum atomic E-state index is 12.9. The van der Waals surface area contributed by atoms with Crippen molar-refractivity contribution in [1.29, 1.82) is 0 Å². The zero-order valence-electron chi connectivity index (χ0n) is 12.5. The maximum Gasteiger partial charge on any atom is 0.247 e. The Morgan fingerprint density at radius 1 is 1.24 bits per heavy atom. The average molecular weight is 315 g/mol. The third-order valence-electron chi connectivity index (χ3n) is 3.64. The molecule has 0 aliphatic carbocycles. The van der Waals surface area contributed by atoms with Crippen molar-refractivity contribution in [3.8, 4) is 11.5 Å². The largest absolute Gasteiger partial charge is 0.497 e. The van der Waals surface area contributed by atoms with E-state index in [1.165, 1.54) is 24.6 Å². The van der Waals surface area contributed by atoms with Gasteiger partial charge in [-0.15, -0.1) is 0 Å². The van der Waals surface area contributed by atoms with Gasteiger partial charge in [-0.05, 0) is 25.0 Å². The highest BCUT2D eigenvalue weighted by Gasteiger charge is 2.37. The maximum absolute atomic E-state index is 12.9. The van der Waals surface area contributed by atoms with Crippen LogP contribution in [-0.2, 0) is 14.8 Å². The molecule has 0 amide bonds. The zero-order chi connectivity index (χ0) is 15.5. The van der Waals surface area contributed by atoms with Crippen LogP contribution in [0.2, 0.25) is 0 Å². The van der Waals surface area contributed by atoms with E-state index < -0.39 is 10.0 Å². The first kappa shape index (κ1) is 16.1. The summed E-state index contributed by atoms with van der Waals surface area (Å²) >= 11 is 0. The van der Waals surface area contributed by atoms with Crippen LogP contribution in [-0.4, -0.2) is 53.2 Å². The third kappa shape index (κ3) is 3.14. The lowest BCUT2D eigenvalue weighted by atomic mass is 10.2. The molecule has 0 saturated carbocycles. The molecule has 118 valence electrons. The van der Waals surface area contributed by atoms with Crippen LogP contribution >= 0.6 is 0 Å². The Morgan fingerprint density at radius 3 is 2.62 bits per heavy atom. The molecule has 21 heavy (non-hydrogen) atoms. The summed E-state index contributed by atoms with van der Waals surface area (Å²) in [5, 5.41) is 0. The van der Waals surface area contributed by atoms with E-state index in [9.17, 15) is 8.42 Å². The van der Waals surface area contributed by atoms with Gasteiger partial charge in [0.1, 0.15) is 16.4 Å². The topological polar surface area (TPSA) is 65.1 Å². The molecule has 1 saturated heterocycles. The van der Waals surface area contributed by atoms with Gasteiger partial charge in [-0.3, -0.25) is 0 Å². The number of benzene rings is 1. The predicted molar refractivity (Wildman–Crippen MR) is 78.3 cm³/mol. The van der Waals surface area contributed by atoms with Crippen molar-refractivity contribution in [1.82, 2.24) is 4.31 Å². The number of ether oxygens (including phenoxy) is 3. The second-order valence-electron chi connectivity index (χ2n) is 4.88. The van der Waals surface area contributed by atoms with E-state index in [0.29, 0.717) is 24.7 Å². The molecule has 0 N–H and O–H groups in total. The number of sulfonamides is 1. The van der Waals surface area contributed by atoms with Gasteiger partial charge in [-0.25, -0.2) is 8.42 Å². The Labute approximate surface area is 125 Å². The normalized spacial score (nSPS) is 19.7. The first-order valence-corrected chi connectivity index (χ1v) is 8.21. The second kappa shape index (κ2) is 6.64. The summed E-state index contributed by atoms with van der Waals surface area (Å²) in [5.74, 6) is 0.802. The number of rotatable bonds is 6. The van der Waals surface area contributed by atoms with Crippen LogP contribution in [0.3, 0.4) is 0 Å². The Kier molecular flexibility index (Phi) is 5.08. The lowest BCUT2D eigenvalue weighted by Crippen LogP contribution is -2.38. The van der Waals surface area contributed by atoms with Crippen molar-refractivity contribution < 1.29 is 22.6 Å². The van der Waals surface area contributed by atoms with Gasteiger partial charge in [0, 0.05) is 25.8 Å². The van der Waals surface area contributed by atoms with E-state index in [1.807, 2.05) is 0 Å². The molecule has 0 radical (unpaired) electrons. The monoisotopic (exact) mass is 315 g/mol. The van der Waals surface area contributed by atoms with E-state index in [2.05, 4.69) is 0 Å². The molecular weight excluding hydrogens is 294 g/mol. The van der Waals surface area contributed by atoms with E-state index in [4.69, 9.17) is 14.2 Å². The van der Waals surface area contributed by atoms with Crippen molar-refractivity contribution >= 4 is 10.0 Å². The van der Waals surface area contributed by atoms with Gasteiger partial charge >= 0.3 is 0 Å². The molecule has 0 bridgehead atoms. The Hall–Kier alpha value is -1.31. The predicted octanol–water partition coefficient (Wildman–Crippen LogP) is 1.50. The van der Waals surface area contributed by atoms with E-state index in [0.717, 1.165) is 12.8 Å². The third-order valence-corrected chi connectivity index (χ3v) is 5.61. The molecule has 6 nitrogen and oxygen atoms in total. The smallest absolute Gasteiger partial charge is 0.247 e. The molecule has 0 aromatic heterocycles. The van der Waals surface area contributed by atoms with Crippen molar-refractivity contribution in [2.45, 2.75) is 23.8 Å². The summed E-state index contributed by atoms with van der Waals surface area (Å²) < 4.78 is 42.7. The fraction of sp³-hybridized carbons (Fsp3) is 0.571. The minimum absolute atomic E-state index is 0.129. The van der Waals surface area contributed by atoms with E-state index in [-0.39, 0.29) is 10.9 Å². The molecule has 0 spiro atoms. The van der Waals surface area contributed by atoms with Crippen LogP contribution in [0.15, 0.2) is 23.1 Å². The summed E-state index contributed by atoms with van der Waals surface area (Å²) in [6.45, 7) is 0.891. The van der Waals surface area contributed by atoms with Gasteiger partial charge < -0.3 is 14.2 Å². The summed E-state index contributed by atoms with van der Waals surface area (Å²) in [4.78, 5) is 0.132. The van der Waals surface area contributed by atoms with Crippen LogP contribution in [0.1, 0.15) is 12.8 Å². The highest BCUT2D eigenvalue weighted by atomic mass is 32.2. The highest BCUT2D eigenvalue weighted by molar-refractivity contribution is 7.89. The molecule has 1 aromatic carbocycles. The van der Waals surface area contributed by atoms with Crippen molar-refractivity contribution in [2.24, 2.45) is 0 Å². The van der Waals surface area contributed by atoms with Crippen LogP contribution in [0.5, 0.6) is 11.5 Å². The van der Waals surface area contributed by atoms with Crippen LogP contribution in [0.4, 0.5) is 0 Å². The van der Waals surface area contributed by atoms with Crippen molar-refractivity contribution in [3.05, 3.63) is 18.2 Å². The quantitative estimate of drug-likeness (QED) is 0.796. The summed E-state index contributed by atoms with van der Waals surface area (Å²) in [5.41, 5.74) is 0. The molecule has 1 unspecified atom stereocenters. The van der Waals surface area contributed by atoms with Gasteiger partial charge in [0.25, 0.3) is 0 Å². The van der Waals surface area contributed by atoms with Crippen LogP contribution in [0, 0.1) is 0 Å². The molecule has 1 fully saturated rings. The molecule has 1 aromatic rings.